The monoisotopic (exact) mass is 531 g/mol. The largest absolute Gasteiger partial charge is 0.439 e. The summed E-state index contributed by atoms with van der Waals surface area (Å²) in [5, 5.41) is 0.755. The standard InChI is InChI=1S/C29H23Cl2N3O3/c30-25-12-7-22(17-26(25)31)27(35)16-21-6-13-28(32-18-21)37-24-10-8-23(9-11-24)34-15-14-33(29(34)36)19-20-4-2-1-3-5-20/h1-13,17-18H,14-16,19H2. The van der Waals surface area contributed by atoms with Crippen LogP contribution >= 0.6 is 23.2 Å². The van der Waals surface area contributed by atoms with Crippen molar-refractivity contribution in [2.75, 3.05) is 18.0 Å². The Bertz CT molecular complexity index is 1410. The number of rotatable bonds is 8. The molecule has 5 rings (SSSR count). The summed E-state index contributed by atoms with van der Waals surface area (Å²) in [6.07, 6.45) is 1.80. The summed E-state index contributed by atoms with van der Waals surface area (Å²) >= 11 is 11.9. The molecule has 8 heteroatoms. The van der Waals surface area contributed by atoms with Crippen molar-refractivity contribution in [2.45, 2.75) is 13.0 Å². The highest BCUT2D eigenvalue weighted by atomic mass is 35.5. The first-order valence-electron chi connectivity index (χ1n) is 11.8. The topological polar surface area (TPSA) is 62.7 Å². The maximum atomic E-state index is 12.9. The molecule has 1 aliphatic rings. The van der Waals surface area contributed by atoms with Gasteiger partial charge in [-0.1, -0.05) is 59.6 Å². The number of hydrogen-bond donors (Lipinski definition) is 0. The van der Waals surface area contributed by atoms with Crippen molar-refractivity contribution >= 4 is 40.7 Å². The maximum Gasteiger partial charge on any atom is 0.324 e. The third-order valence-electron chi connectivity index (χ3n) is 6.09. The predicted octanol–water partition coefficient (Wildman–Crippen LogP) is 7.05. The van der Waals surface area contributed by atoms with Gasteiger partial charge in [0.05, 0.1) is 10.0 Å². The van der Waals surface area contributed by atoms with Crippen LogP contribution in [0.3, 0.4) is 0 Å². The molecule has 4 aromatic rings. The molecule has 2 amide bonds. The van der Waals surface area contributed by atoms with Gasteiger partial charge in [-0.05, 0) is 53.6 Å². The van der Waals surface area contributed by atoms with E-state index in [9.17, 15) is 9.59 Å². The van der Waals surface area contributed by atoms with Gasteiger partial charge in [0.1, 0.15) is 5.75 Å². The van der Waals surface area contributed by atoms with Gasteiger partial charge in [0.2, 0.25) is 5.88 Å². The molecule has 0 spiro atoms. The minimum atomic E-state index is -0.0802. The number of amides is 2. The van der Waals surface area contributed by atoms with E-state index in [0.29, 0.717) is 46.9 Å². The molecule has 0 atom stereocenters. The van der Waals surface area contributed by atoms with Crippen LogP contribution in [0, 0.1) is 0 Å². The number of urea groups is 1. The number of benzene rings is 3. The molecule has 37 heavy (non-hydrogen) atoms. The third kappa shape index (κ3) is 5.93. The summed E-state index contributed by atoms with van der Waals surface area (Å²) in [6.45, 7) is 1.91. The second kappa shape index (κ2) is 11.0. The molecule has 1 fully saturated rings. The lowest BCUT2D eigenvalue weighted by molar-refractivity contribution is 0.0993. The van der Waals surface area contributed by atoms with Crippen LogP contribution in [0.25, 0.3) is 0 Å². The maximum absolute atomic E-state index is 12.9. The quantitative estimate of drug-likeness (QED) is 0.228. The minimum absolute atomic E-state index is 0.00908. The van der Waals surface area contributed by atoms with Crippen molar-refractivity contribution in [2.24, 2.45) is 0 Å². The van der Waals surface area contributed by atoms with Gasteiger partial charge in [0, 0.05) is 49.6 Å². The van der Waals surface area contributed by atoms with Crippen molar-refractivity contribution in [3.8, 4) is 11.6 Å². The fraction of sp³-hybridized carbons (Fsp3) is 0.138. The molecule has 0 aliphatic carbocycles. The lowest BCUT2D eigenvalue weighted by atomic mass is 10.0. The first-order valence-corrected chi connectivity index (χ1v) is 12.5. The van der Waals surface area contributed by atoms with Crippen molar-refractivity contribution < 1.29 is 14.3 Å². The van der Waals surface area contributed by atoms with Crippen molar-refractivity contribution in [3.05, 3.63) is 118 Å². The lowest BCUT2D eigenvalue weighted by Crippen LogP contribution is -2.31. The predicted molar refractivity (Wildman–Crippen MR) is 145 cm³/mol. The Balaban J connectivity index is 1.17. The van der Waals surface area contributed by atoms with Crippen molar-refractivity contribution in [1.29, 1.82) is 0 Å². The number of aromatic nitrogens is 1. The highest BCUT2D eigenvalue weighted by Crippen LogP contribution is 2.27. The summed E-state index contributed by atoms with van der Waals surface area (Å²) in [5.41, 5.74) is 3.18. The van der Waals surface area contributed by atoms with Crippen LogP contribution in [0.1, 0.15) is 21.5 Å². The summed E-state index contributed by atoms with van der Waals surface area (Å²) in [4.78, 5) is 33.4. The van der Waals surface area contributed by atoms with Crippen LogP contribution in [0.4, 0.5) is 10.5 Å². The van der Waals surface area contributed by atoms with E-state index in [1.54, 1.807) is 41.4 Å². The summed E-state index contributed by atoms with van der Waals surface area (Å²) in [5.74, 6) is 0.928. The highest BCUT2D eigenvalue weighted by molar-refractivity contribution is 6.42. The minimum Gasteiger partial charge on any atom is -0.439 e. The molecule has 2 heterocycles. The Kier molecular flexibility index (Phi) is 7.40. The number of anilines is 1. The summed E-state index contributed by atoms with van der Waals surface area (Å²) < 4.78 is 5.85. The van der Waals surface area contributed by atoms with E-state index in [1.807, 2.05) is 59.5 Å². The van der Waals surface area contributed by atoms with Crippen molar-refractivity contribution in [1.82, 2.24) is 9.88 Å². The Morgan fingerprint density at radius 1 is 0.865 bits per heavy atom. The SMILES string of the molecule is O=C(Cc1ccc(Oc2ccc(N3CCN(Cc4ccccc4)C3=O)cc2)nc1)c1ccc(Cl)c(Cl)c1. The molecule has 186 valence electrons. The van der Waals surface area contributed by atoms with Crippen LogP contribution in [0.2, 0.25) is 10.0 Å². The Morgan fingerprint density at radius 2 is 1.65 bits per heavy atom. The van der Waals surface area contributed by atoms with E-state index in [4.69, 9.17) is 27.9 Å². The van der Waals surface area contributed by atoms with Crippen LogP contribution in [0.5, 0.6) is 11.6 Å². The number of ether oxygens (including phenoxy) is 1. The number of Topliss-reactive ketones (excluding diaryl/α,β-unsaturated/α-hetero) is 1. The molecular formula is C29H23Cl2N3O3. The molecule has 3 aromatic carbocycles. The van der Waals surface area contributed by atoms with Gasteiger partial charge < -0.3 is 9.64 Å². The average Bonchev–Trinajstić information content (AvgIpc) is 3.27. The number of nitrogens with zero attached hydrogens (tertiary/aromatic N) is 3. The number of carbonyl (C=O) groups excluding carboxylic acids is 2. The van der Waals surface area contributed by atoms with Gasteiger partial charge in [-0.3, -0.25) is 9.69 Å². The number of hydrogen-bond acceptors (Lipinski definition) is 4. The number of halogens is 2. The average molecular weight is 532 g/mol. The third-order valence-corrected chi connectivity index (χ3v) is 6.82. The molecule has 0 saturated carbocycles. The Labute approximate surface area is 225 Å². The Morgan fingerprint density at radius 3 is 2.35 bits per heavy atom. The number of pyridine rings is 1. The van der Waals surface area contributed by atoms with E-state index in [1.165, 1.54) is 0 Å². The van der Waals surface area contributed by atoms with E-state index in [-0.39, 0.29) is 18.2 Å². The molecule has 6 nitrogen and oxygen atoms in total. The van der Waals surface area contributed by atoms with Gasteiger partial charge in [0.15, 0.2) is 5.78 Å². The van der Waals surface area contributed by atoms with Crippen LogP contribution in [-0.4, -0.2) is 34.8 Å². The number of ketones is 1. The first-order chi connectivity index (χ1) is 18.0. The summed E-state index contributed by atoms with van der Waals surface area (Å²) in [6, 6.07) is 25.7. The second-order valence-corrected chi connectivity index (χ2v) is 9.49. The second-order valence-electron chi connectivity index (χ2n) is 8.67. The van der Waals surface area contributed by atoms with Crippen LogP contribution in [0.15, 0.2) is 91.1 Å². The Hall–Kier alpha value is -3.87. The molecule has 1 saturated heterocycles. The normalized spacial score (nSPS) is 13.2. The fourth-order valence-corrected chi connectivity index (χ4v) is 4.42. The fourth-order valence-electron chi connectivity index (χ4n) is 4.12. The molecule has 0 unspecified atom stereocenters. The molecule has 0 bridgehead atoms. The van der Waals surface area contributed by atoms with E-state index >= 15 is 0 Å². The van der Waals surface area contributed by atoms with Gasteiger partial charge in [-0.25, -0.2) is 9.78 Å². The molecule has 1 aliphatic heterocycles. The van der Waals surface area contributed by atoms with Crippen LogP contribution in [-0.2, 0) is 13.0 Å². The molecule has 1 aromatic heterocycles. The zero-order chi connectivity index (χ0) is 25.8. The summed E-state index contributed by atoms with van der Waals surface area (Å²) in [7, 11) is 0. The zero-order valence-corrected chi connectivity index (χ0v) is 21.3. The molecular weight excluding hydrogens is 509 g/mol. The molecule has 0 N–H and O–H groups in total. The first kappa shape index (κ1) is 24.8. The smallest absolute Gasteiger partial charge is 0.324 e. The van der Waals surface area contributed by atoms with Crippen molar-refractivity contribution in [3.63, 3.8) is 0 Å². The van der Waals surface area contributed by atoms with Crippen LogP contribution < -0.4 is 9.64 Å². The van der Waals surface area contributed by atoms with E-state index < -0.39 is 0 Å². The highest BCUT2D eigenvalue weighted by Gasteiger charge is 2.29. The lowest BCUT2D eigenvalue weighted by Gasteiger charge is -2.19. The van der Waals surface area contributed by atoms with E-state index in [0.717, 1.165) is 16.8 Å². The van der Waals surface area contributed by atoms with Gasteiger partial charge >= 0.3 is 6.03 Å². The number of carbonyl (C=O) groups is 2. The van der Waals surface area contributed by atoms with Gasteiger partial charge in [0.25, 0.3) is 0 Å². The van der Waals surface area contributed by atoms with E-state index in [2.05, 4.69) is 4.98 Å². The van der Waals surface area contributed by atoms with Gasteiger partial charge in [-0.2, -0.15) is 0 Å². The van der Waals surface area contributed by atoms with Gasteiger partial charge in [-0.15, -0.1) is 0 Å². The molecule has 0 radical (unpaired) electrons. The zero-order valence-electron chi connectivity index (χ0n) is 19.8.